The highest BCUT2D eigenvalue weighted by Crippen LogP contribution is 2.31. The molecule has 1 aliphatic rings. The Labute approximate surface area is 154 Å². The number of fused-ring (bicyclic) bond motifs is 1. The Morgan fingerprint density at radius 3 is 1.88 bits per heavy atom. The number of nitrogens with zero attached hydrogens (tertiary/aromatic N) is 1. The largest absolute Gasteiger partial charge is 0.325 e. The lowest BCUT2D eigenvalue weighted by Gasteiger charge is -2.14. The molecule has 7 heteroatoms. The number of halogens is 2. The number of hydrogen-bond acceptors (Lipinski definition) is 3. The van der Waals surface area contributed by atoms with Crippen molar-refractivity contribution in [1.82, 2.24) is 4.90 Å². The van der Waals surface area contributed by atoms with Gasteiger partial charge in [0.05, 0.1) is 21.2 Å². The van der Waals surface area contributed by atoms with Crippen molar-refractivity contribution in [3.05, 3.63) is 62.6 Å². The van der Waals surface area contributed by atoms with Gasteiger partial charge in [0.2, 0.25) is 5.91 Å². The number of nitrogens with one attached hydrogen (secondary N) is 1. The molecule has 25 heavy (non-hydrogen) atoms. The topological polar surface area (TPSA) is 66.5 Å². The van der Waals surface area contributed by atoms with Gasteiger partial charge in [-0.3, -0.25) is 19.3 Å². The van der Waals surface area contributed by atoms with E-state index < -0.39 is 17.7 Å². The fraction of sp³-hybridized carbons (Fsp3) is 0.167. The van der Waals surface area contributed by atoms with Gasteiger partial charge in [0.15, 0.2) is 0 Å². The Morgan fingerprint density at radius 2 is 1.40 bits per heavy atom. The van der Waals surface area contributed by atoms with Crippen molar-refractivity contribution < 1.29 is 14.4 Å². The molecule has 5 nitrogen and oxygen atoms in total. The summed E-state index contributed by atoms with van der Waals surface area (Å²) in [6.07, 6.45) is 0. The third-order valence-corrected chi connectivity index (χ3v) is 4.54. The number of anilines is 1. The number of imide groups is 1. The van der Waals surface area contributed by atoms with Gasteiger partial charge in [-0.15, -0.1) is 0 Å². The Morgan fingerprint density at radius 1 is 0.920 bits per heavy atom. The molecule has 0 saturated heterocycles. The Bertz CT molecular complexity index is 864. The highest BCUT2D eigenvalue weighted by molar-refractivity contribution is 6.43. The molecule has 1 aliphatic heterocycles. The van der Waals surface area contributed by atoms with Crippen LogP contribution < -0.4 is 5.32 Å². The molecular formula is C18H14Cl2N2O3. The van der Waals surface area contributed by atoms with Crippen LogP contribution in [0.2, 0.25) is 10.0 Å². The van der Waals surface area contributed by atoms with Crippen LogP contribution in [0.4, 0.5) is 5.69 Å². The minimum atomic E-state index is -0.561. The van der Waals surface area contributed by atoms with Gasteiger partial charge in [0, 0.05) is 5.69 Å². The van der Waals surface area contributed by atoms with E-state index in [1.54, 1.807) is 0 Å². The first kappa shape index (κ1) is 17.5. The minimum Gasteiger partial charge on any atom is -0.325 e. The SMILES string of the molecule is Cc1cc(C)cc(NC(=O)CN2C(=O)c3cc(Cl)c(Cl)cc3C2=O)c1. The van der Waals surface area contributed by atoms with Gasteiger partial charge < -0.3 is 5.32 Å². The van der Waals surface area contributed by atoms with Gasteiger partial charge in [0.1, 0.15) is 6.54 Å². The number of benzene rings is 2. The van der Waals surface area contributed by atoms with E-state index in [1.807, 2.05) is 32.0 Å². The van der Waals surface area contributed by atoms with E-state index in [1.165, 1.54) is 12.1 Å². The van der Waals surface area contributed by atoms with Crippen LogP contribution in [0.3, 0.4) is 0 Å². The third-order valence-electron chi connectivity index (χ3n) is 3.82. The van der Waals surface area contributed by atoms with Gasteiger partial charge >= 0.3 is 0 Å². The molecule has 3 amide bonds. The van der Waals surface area contributed by atoms with Crippen LogP contribution in [-0.2, 0) is 4.79 Å². The molecule has 0 aromatic heterocycles. The molecule has 0 aliphatic carbocycles. The summed E-state index contributed by atoms with van der Waals surface area (Å²) in [7, 11) is 0. The summed E-state index contributed by atoms with van der Waals surface area (Å²) in [4.78, 5) is 37.9. The monoisotopic (exact) mass is 376 g/mol. The van der Waals surface area contributed by atoms with Crippen LogP contribution >= 0.6 is 23.2 Å². The average Bonchev–Trinajstić information content (AvgIpc) is 2.72. The summed E-state index contributed by atoms with van der Waals surface area (Å²) < 4.78 is 0. The summed E-state index contributed by atoms with van der Waals surface area (Å²) in [5.41, 5.74) is 2.92. The number of rotatable bonds is 3. The van der Waals surface area contributed by atoms with E-state index in [0.717, 1.165) is 16.0 Å². The Kier molecular flexibility index (Phi) is 4.54. The normalized spacial score (nSPS) is 13.2. The summed E-state index contributed by atoms with van der Waals surface area (Å²) in [5.74, 6) is -1.58. The van der Waals surface area contributed by atoms with E-state index in [0.29, 0.717) is 5.69 Å². The van der Waals surface area contributed by atoms with Gasteiger partial charge in [0.25, 0.3) is 11.8 Å². The van der Waals surface area contributed by atoms with Crippen molar-refractivity contribution in [2.24, 2.45) is 0 Å². The van der Waals surface area contributed by atoms with Crippen molar-refractivity contribution >= 4 is 46.6 Å². The first-order chi connectivity index (χ1) is 11.8. The minimum absolute atomic E-state index is 0.151. The van der Waals surface area contributed by atoms with Crippen molar-refractivity contribution in [3.8, 4) is 0 Å². The van der Waals surface area contributed by atoms with Crippen molar-refractivity contribution in [2.75, 3.05) is 11.9 Å². The molecule has 3 rings (SSSR count). The molecule has 128 valence electrons. The number of carbonyl (C=O) groups excluding carboxylic acids is 3. The van der Waals surface area contributed by atoms with Crippen LogP contribution in [0.1, 0.15) is 31.8 Å². The lowest BCUT2D eigenvalue weighted by molar-refractivity contribution is -0.116. The van der Waals surface area contributed by atoms with E-state index in [-0.39, 0.29) is 27.7 Å². The predicted octanol–water partition coefficient (Wildman–Crippen LogP) is 3.84. The second-order valence-corrected chi connectivity index (χ2v) is 6.75. The van der Waals surface area contributed by atoms with Gasteiger partial charge in [-0.1, -0.05) is 29.3 Å². The van der Waals surface area contributed by atoms with Crippen LogP contribution in [0.25, 0.3) is 0 Å². The zero-order valence-electron chi connectivity index (χ0n) is 13.5. The fourth-order valence-corrected chi connectivity index (χ4v) is 3.15. The average molecular weight is 377 g/mol. The summed E-state index contributed by atoms with van der Waals surface area (Å²) in [5, 5.41) is 3.07. The predicted molar refractivity (Wildman–Crippen MR) is 96.4 cm³/mol. The zero-order chi connectivity index (χ0) is 18.3. The molecular weight excluding hydrogens is 363 g/mol. The summed E-state index contributed by atoms with van der Waals surface area (Å²) in [6, 6.07) is 8.30. The molecule has 0 atom stereocenters. The van der Waals surface area contributed by atoms with E-state index in [9.17, 15) is 14.4 Å². The zero-order valence-corrected chi connectivity index (χ0v) is 15.0. The van der Waals surface area contributed by atoms with Crippen molar-refractivity contribution in [2.45, 2.75) is 13.8 Å². The number of amides is 3. The molecule has 1 heterocycles. The van der Waals surface area contributed by atoms with Gasteiger partial charge in [-0.05, 0) is 49.2 Å². The van der Waals surface area contributed by atoms with Crippen LogP contribution in [-0.4, -0.2) is 29.2 Å². The van der Waals surface area contributed by atoms with Crippen molar-refractivity contribution in [3.63, 3.8) is 0 Å². The van der Waals surface area contributed by atoms with Crippen LogP contribution in [0.5, 0.6) is 0 Å². The van der Waals surface area contributed by atoms with Gasteiger partial charge in [-0.25, -0.2) is 0 Å². The second kappa shape index (κ2) is 6.50. The van der Waals surface area contributed by atoms with E-state index in [2.05, 4.69) is 5.32 Å². The number of hydrogen-bond donors (Lipinski definition) is 1. The highest BCUT2D eigenvalue weighted by atomic mass is 35.5. The second-order valence-electron chi connectivity index (χ2n) is 5.93. The number of carbonyl (C=O) groups is 3. The maximum absolute atomic E-state index is 12.4. The molecule has 0 fully saturated rings. The smallest absolute Gasteiger partial charge is 0.262 e. The maximum atomic E-state index is 12.4. The molecule has 0 unspecified atom stereocenters. The summed E-state index contributed by atoms with van der Waals surface area (Å²) in [6.45, 7) is 3.45. The Hall–Kier alpha value is -2.37. The quantitative estimate of drug-likeness (QED) is 0.827. The lowest BCUT2D eigenvalue weighted by atomic mass is 10.1. The third kappa shape index (κ3) is 3.38. The highest BCUT2D eigenvalue weighted by Gasteiger charge is 2.37. The van der Waals surface area contributed by atoms with E-state index >= 15 is 0 Å². The molecule has 0 saturated carbocycles. The first-order valence-electron chi connectivity index (χ1n) is 7.49. The molecule has 0 bridgehead atoms. The fourth-order valence-electron chi connectivity index (χ4n) is 2.82. The Balaban J connectivity index is 1.78. The first-order valence-corrected chi connectivity index (χ1v) is 8.25. The molecule has 2 aromatic rings. The lowest BCUT2D eigenvalue weighted by Crippen LogP contribution is -2.37. The van der Waals surface area contributed by atoms with Crippen LogP contribution in [0.15, 0.2) is 30.3 Å². The maximum Gasteiger partial charge on any atom is 0.262 e. The van der Waals surface area contributed by atoms with Gasteiger partial charge in [-0.2, -0.15) is 0 Å². The standard InChI is InChI=1S/C18H14Cl2N2O3/c1-9-3-10(2)5-11(4-9)21-16(23)8-22-17(24)12-6-14(19)15(20)7-13(12)18(22)25/h3-7H,8H2,1-2H3,(H,21,23). The molecule has 0 spiro atoms. The number of aryl methyl sites for hydroxylation is 2. The molecule has 1 N–H and O–H groups in total. The molecule has 2 aromatic carbocycles. The van der Waals surface area contributed by atoms with Crippen LogP contribution in [0, 0.1) is 13.8 Å². The van der Waals surface area contributed by atoms with Crippen molar-refractivity contribution in [1.29, 1.82) is 0 Å². The molecule has 0 radical (unpaired) electrons. The van der Waals surface area contributed by atoms with E-state index in [4.69, 9.17) is 23.2 Å². The summed E-state index contributed by atoms with van der Waals surface area (Å²) >= 11 is 11.8.